The Morgan fingerprint density at radius 1 is 1.47 bits per heavy atom. The van der Waals surface area contributed by atoms with Gasteiger partial charge in [-0.25, -0.2) is 0 Å². The minimum atomic E-state index is 0.0503. The molecule has 4 nitrogen and oxygen atoms in total. The van der Waals surface area contributed by atoms with Crippen molar-refractivity contribution in [3.05, 3.63) is 0 Å². The van der Waals surface area contributed by atoms with Crippen LogP contribution in [0, 0.1) is 0 Å². The molecule has 0 heterocycles. The van der Waals surface area contributed by atoms with Crippen molar-refractivity contribution in [3.8, 4) is 0 Å². The SMILES string of the molecule is CCN(C)C(=O)COCCCNC(C)C. The van der Waals surface area contributed by atoms with Crippen LogP contribution in [0.2, 0.25) is 0 Å². The van der Waals surface area contributed by atoms with Gasteiger partial charge in [0, 0.05) is 26.2 Å². The minimum absolute atomic E-state index is 0.0503. The summed E-state index contributed by atoms with van der Waals surface area (Å²) in [5.74, 6) is 0.0503. The second-order valence-corrected chi connectivity index (χ2v) is 3.92. The summed E-state index contributed by atoms with van der Waals surface area (Å²) in [6, 6.07) is 0.512. The Balaban J connectivity index is 3.27. The zero-order valence-corrected chi connectivity index (χ0v) is 10.4. The summed E-state index contributed by atoms with van der Waals surface area (Å²) in [5.41, 5.74) is 0. The van der Waals surface area contributed by atoms with Crippen LogP contribution in [0.4, 0.5) is 0 Å². The number of nitrogens with zero attached hydrogens (tertiary/aromatic N) is 1. The molecule has 0 aliphatic heterocycles. The van der Waals surface area contributed by atoms with Crippen LogP contribution in [0.3, 0.4) is 0 Å². The third-order valence-corrected chi connectivity index (χ3v) is 2.14. The predicted octanol–water partition coefficient (Wildman–Crippen LogP) is 0.869. The number of amides is 1. The number of likely N-dealkylation sites (N-methyl/N-ethyl adjacent to an activating group) is 1. The average molecular weight is 216 g/mol. The topological polar surface area (TPSA) is 41.6 Å². The van der Waals surface area contributed by atoms with Gasteiger partial charge in [0.25, 0.3) is 0 Å². The summed E-state index contributed by atoms with van der Waals surface area (Å²) < 4.78 is 5.27. The maximum absolute atomic E-state index is 11.3. The third kappa shape index (κ3) is 8.39. The second kappa shape index (κ2) is 8.68. The predicted molar refractivity (Wildman–Crippen MR) is 61.9 cm³/mol. The van der Waals surface area contributed by atoms with E-state index in [1.807, 2.05) is 6.92 Å². The molecule has 0 rings (SSSR count). The van der Waals surface area contributed by atoms with Crippen LogP contribution in [0.15, 0.2) is 0 Å². The van der Waals surface area contributed by atoms with Gasteiger partial charge < -0.3 is 15.0 Å². The van der Waals surface area contributed by atoms with E-state index in [1.165, 1.54) is 0 Å². The molecular formula is C11H24N2O2. The van der Waals surface area contributed by atoms with Gasteiger partial charge in [-0.05, 0) is 19.9 Å². The maximum Gasteiger partial charge on any atom is 0.248 e. The van der Waals surface area contributed by atoms with Crippen molar-refractivity contribution in [2.45, 2.75) is 33.2 Å². The third-order valence-electron chi connectivity index (χ3n) is 2.14. The normalized spacial score (nSPS) is 10.7. The van der Waals surface area contributed by atoms with Gasteiger partial charge in [-0.15, -0.1) is 0 Å². The van der Waals surface area contributed by atoms with Crippen molar-refractivity contribution in [1.82, 2.24) is 10.2 Å². The molecule has 0 fully saturated rings. The Kier molecular flexibility index (Phi) is 8.33. The smallest absolute Gasteiger partial charge is 0.248 e. The number of hydrogen-bond acceptors (Lipinski definition) is 3. The lowest BCUT2D eigenvalue weighted by molar-refractivity contribution is -0.134. The van der Waals surface area contributed by atoms with Crippen LogP contribution in [0.1, 0.15) is 27.2 Å². The first-order chi connectivity index (χ1) is 7.07. The Morgan fingerprint density at radius 3 is 2.67 bits per heavy atom. The summed E-state index contributed by atoms with van der Waals surface area (Å²) >= 11 is 0. The molecule has 0 aliphatic carbocycles. The van der Waals surface area contributed by atoms with Gasteiger partial charge >= 0.3 is 0 Å². The van der Waals surface area contributed by atoms with Crippen molar-refractivity contribution in [3.63, 3.8) is 0 Å². The molecule has 0 radical (unpaired) electrons. The first kappa shape index (κ1) is 14.4. The molecular weight excluding hydrogens is 192 g/mol. The lowest BCUT2D eigenvalue weighted by Gasteiger charge is -2.14. The zero-order valence-electron chi connectivity index (χ0n) is 10.4. The molecule has 0 bridgehead atoms. The molecule has 15 heavy (non-hydrogen) atoms. The lowest BCUT2D eigenvalue weighted by atomic mass is 10.3. The number of rotatable bonds is 8. The molecule has 4 heteroatoms. The molecule has 0 spiro atoms. The highest BCUT2D eigenvalue weighted by Crippen LogP contribution is 1.88. The fourth-order valence-electron chi connectivity index (χ4n) is 1.01. The fraction of sp³-hybridized carbons (Fsp3) is 0.909. The van der Waals surface area contributed by atoms with Crippen molar-refractivity contribution < 1.29 is 9.53 Å². The average Bonchev–Trinajstić information content (AvgIpc) is 2.21. The van der Waals surface area contributed by atoms with Gasteiger partial charge in [0.05, 0.1) is 0 Å². The summed E-state index contributed by atoms with van der Waals surface area (Å²) in [4.78, 5) is 13.0. The van der Waals surface area contributed by atoms with Gasteiger partial charge in [-0.2, -0.15) is 0 Å². The van der Waals surface area contributed by atoms with Crippen molar-refractivity contribution in [2.75, 3.05) is 33.4 Å². The molecule has 0 aromatic carbocycles. The van der Waals surface area contributed by atoms with E-state index in [0.29, 0.717) is 12.6 Å². The molecule has 0 atom stereocenters. The Labute approximate surface area is 93.0 Å². The fourth-order valence-corrected chi connectivity index (χ4v) is 1.01. The van der Waals surface area contributed by atoms with Crippen LogP contribution in [-0.2, 0) is 9.53 Å². The van der Waals surface area contributed by atoms with E-state index in [0.717, 1.165) is 19.5 Å². The zero-order chi connectivity index (χ0) is 11.7. The first-order valence-electron chi connectivity index (χ1n) is 5.63. The summed E-state index contributed by atoms with van der Waals surface area (Å²) in [5, 5.41) is 3.29. The Bertz CT molecular complexity index is 172. The number of carbonyl (C=O) groups excluding carboxylic acids is 1. The number of carbonyl (C=O) groups is 1. The standard InChI is InChI=1S/C11H24N2O2/c1-5-13(4)11(14)9-15-8-6-7-12-10(2)3/h10,12H,5-9H2,1-4H3. The summed E-state index contributed by atoms with van der Waals surface area (Å²) in [6.45, 7) is 8.69. The summed E-state index contributed by atoms with van der Waals surface area (Å²) in [7, 11) is 1.78. The van der Waals surface area contributed by atoms with Crippen LogP contribution >= 0.6 is 0 Å². The van der Waals surface area contributed by atoms with E-state index in [4.69, 9.17) is 4.74 Å². The van der Waals surface area contributed by atoms with Crippen LogP contribution in [0.5, 0.6) is 0 Å². The molecule has 1 amide bonds. The molecule has 0 unspecified atom stereocenters. The van der Waals surface area contributed by atoms with Gasteiger partial charge in [0.2, 0.25) is 5.91 Å². The summed E-state index contributed by atoms with van der Waals surface area (Å²) in [6.07, 6.45) is 0.946. The molecule has 0 aromatic rings. The van der Waals surface area contributed by atoms with Gasteiger partial charge in [-0.3, -0.25) is 4.79 Å². The quantitative estimate of drug-likeness (QED) is 0.612. The number of nitrogens with one attached hydrogen (secondary N) is 1. The van der Waals surface area contributed by atoms with Gasteiger partial charge in [0.1, 0.15) is 6.61 Å². The first-order valence-corrected chi connectivity index (χ1v) is 5.63. The highest BCUT2D eigenvalue weighted by molar-refractivity contribution is 5.77. The van der Waals surface area contributed by atoms with E-state index in [-0.39, 0.29) is 12.5 Å². The maximum atomic E-state index is 11.3. The Morgan fingerprint density at radius 2 is 2.13 bits per heavy atom. The largest absolute Gasteiger partial charge is 0.372 e. The molecule has 0 saturated heterocycles. The van der Waals surface area contributed by atoms with E-state index in [1.54, 1.807) is 11.9 Å². The van der Waals surface area contributed by atoms with E-state index in [2.05, 4.69) is 19.2 Å². The van der Waals surface area contributed by atoms with Gasteiger partial charge in [0.15, 0.2) is 0 Å². The molecule has 90 valence electrons. The molecule has 0 saturated carbocycles. The molecule has 1 N–H and O–H groups in total. The van der Waals surface area contributed by atoms with Gasteiger partial charge in [-0.1, -0.05) is 13.8 Å². The highest BCUT2D eigenvalue weighted by Gasteiger charge is 2.05. The van der Waals surface area contributed by atoms with Crippen LogP contribution < -0.4 is 5.32 Å². The molecule has 0 aromatic heterocycles. The van der Waals surface area contributed by atoms with E-state index < -0.39 is 0 Å². The lowest BCUT2D eigenvalue weighted by Crippen LogP contribution is -2.30. The van der Waals surface area contributed by atoms with E-state index in [9.17, 15) is 4.79 Å². The van der Waals surface area contributed by atoms with Crippen LogP contribution in [0.25, 0.3) is 0 Å². The van der Waals surface area contributed by atoms with E-state index >= 15 is 0 Å². The molecule has 0 aliphatic rings. The van der Waals surface area contributed by atoms with Crippen molar-refractivity contribution >= 4 is 5.91 Å². The Hall–Kier alpha value is -0.610. The number of ether oxygens (including phenoxy) is 1. The minimum Gasteiger partial charge on any atom is -0.372 e. The second-order valence-electron chi connectivity index (χ2n) is 3.92. The highest BCUT2D eigenvalue weighted by atomic mass is 16.5. The monoisotopic (exact) mass is 216 g/mol. The van der Waals surface area contributed by atoms with Crippen LogP contribution in [-0.4, -0.2) is 50.2 Å². The van der Waals surface area contributed by atoms with Crippen molar-refractivity contribution in [2.24, 2.45) is 0 Å². The number of hydrogen-bond donors (Lipinski definition) is 1. The van der Waals surface area contributed by atoms with Crippen molar-refractivity contribution in [1.29, 1.82) is 0 Å².